The van der Waals surface area contributed by atoms with Crippen molar-refractivity contribution in [3.63, 3.8) is 0 Å². The first-order valence-corrected chi connectivity index (χ1v) is 4.69. The number of anilines is 1. The molecule has 0 atom stereocenters. The van der Waals surface area contributed by atoms with Gasteiger partial charge in [-0.25, -0.2) is 0 Å². The summed E-state index contributed by atoms with van der Waals surface area (Å²) in [5, 5.41) is 8.74. The van der Waals surface area contributed by atoms with Gasteiger partial charge in [0.2, 0.25) is 11.8 Å². The molecule has 0 aliphatic carbocycles. The highest BCUT2D eigenvalue weighted by molar-refractivity contribution is 7.08. The molecule has 0 spiro atoms. The number of amides is 2. The number of thiophene rings is 1. The fraction of sp³-hybridized carbons (Fsp3) is 0.250. The number of nitrogens with one attached hydrogen (secondary N) is 2. The molecular weight excluding hydrogens is 188 g/mol. The van der Waals surface area contributed by atoms with E-state index >= 15 is 0 Å². The molecule has 4 nitrogen and oxygen atoms in total. The molecule has 0 aliphatic heterocycles. The molecule has 0 aromatic carbocycles. The van der Waals surface area contributed by atoms with E-state index in [9.17, 15) is 9.59 Å². The Morgan fingerprint density at radius 3 is 2.85 bits per heavy atom. The van der Waals surface area contributed by atoms with Gasteiger partial charge in [-0.1, -0.05) is 0 Å². The van der Waals surface area contributed by atoms with Gasteiger partial charge in [-0.15, -0.1) is 0 Å². The lowest BCUT2D eigenvalue weighted by Crippen LogP contribution is -2.30. The molecule has 0 radical (unpaired) electrons. The predicted octanol–water partition coefficient (Wildman–Crippen LogP) is 0.823. The number of hydrogen-bond acceptors (Lipinski definition) is 3. The third kappa shape index (κ3) is 3.71. The van der Waals surface area contributed by atoms with Crippen molar-refractivity contribution in [1.29, 1.82) is 0 Å². The second kappa shape index (κ2) is 4.61. The zero-order chi connectivity index (χ0) is 9.68. The maximum atomic E-state index is 11.1. The van der Waals surface area contributed by atoms with Gasteiger partial charge in [0.1, 0.15) is 0 Å². The summed E-state index contributed by atoms with van der Waals surface area (Å²) in [6.07, 6.45) is 0. The maximum absolute atomic E-state index is 11.1. The Morgan fingerprint density at radius 1 is 1.54 bits per heavy atom. The number of rotatable bonds is 3. The molecule has 0 saturated heterocycles. The van der Waals surface area contributed by atoms with Gasteiger partial charge in [0, 0.05) is 12.3 Å². The average Bonchev–Trinajstić information content (AvgIpc) is 2.53. The van der Waals surface area contributed by atoms with E-state index in [1.807, 2.05) is 10.8 Å². The molecule has 70 valence electrons. The van der Waals surface area contributed by atoms with Crippen LogP contribution in [0.2, 0.25) is 0 Å². The predicted molar refractivity (Wildman–Crippen MR) is 51.6 cm³/mol. The minimum absolute atomic E-state index is 0.0190. The zero-order valence-electron chi connectivity index (χ0n) is 7.16. The van der Waals surface area contributed by atoms with Crippen LogP contribution in [0, 0.1) is 0 Å². The van der Waals surface area contributed by atoms with E-state index in [2.05, 4.69) is 10.6 Å². The van der Waals surface area contributed by atoms with Crippen LogP contribution in [-0.2, 0) is 9.59 Å². The van der Waals surface area contributed by atoms with Crippen molar-refractivity contribution in [3.05, 3.63) is 16.8 Å². The Bertz CT molecular complexity index is 295. The van der Waals surface area contributed by atoms with Crippen LogP contribution in [-0.4, -0.2) is 18.4 Å². The summed E-state index contributed by atoms with van der Waals surface area (Å²) in [5.74, 6) is -0.422. The topological polar surface area (TPSA) is 58.2 Å². The van der Waals surface area contributed by atoms with E-state index in [0.717, 1.165) is 5.69 Å². The standard InChI is InChI=1S/C8H10N2O2S/c1-6(11)9-4-8(12)10-7-2-3-13-5-7/h2-3,5H,4H2,1H3,(H,9,11)(H,10,12). The van der Waals surface area contributed by atoms with Crippen molar-refractivity contribution >= 4 is 28.8 Å². The smallest absolute Gasteiger partial charge is 0.243 e. The average molecular weight is 198 g/mol. The van der Waals surface area contributed by atoms with Gasteiger partial charge in [0.05, 0.1) is 12.2 Å². The Labute approximate surface area is 80.0 Å². The maximum Gasteiger partial charge on any atom is 0.243 e. The molecule has 13 heavy (non-hydrogen) atoms. The monoisotopic (exact) mass is 198 g/mol. The lowest BCUT2D eigenvalue weighted by molar-refractivity contribution is -0.122. The summed E-state index contributed by atoms with van der Waals surface area (Å²) in [6, 6.07) is 1.80. The summed E-state index contributed by atoms with van der Waals surface area (Å²) >= 11 is 1.50. The Morgan fingerprint density at radius 2 is 2.31 bits per heavy atom. The fourth-order valence-electron chi connectivity index (χ4n) is 0.746. The minimum Gasteiger partial charge on any atom is -0.347 e. The molecule has 0 unspecified atom stereocenters. The third-order valence-corrected chi connectivity index (χ3v) is 1.99. The molecule has 1 rings (SSSR count). The molecule has 0 bridgehead atoms. The van der Waals surface area contributed by atoms with Gasteiger partial charge in [-0.2, -0.15) is 11.3 Å². The highest BCUT2D eigenvalue weighted by Gasteiger charge is 2.02. The van der Waals surface area contributed by atoms with Crippen LogP contribution in [0.15, 0.2) is 16.8 Å². The summed E-state index contributed by atoms with van der Waals surface area (Å²) in [4.78, 5) is 21.6. The summed E-state index contributed by atoms with van der Waals surface area (Å²) in [6.45, 7) is 1.39. The molecule has 0 saturated carbocycles. The van der Waals surface area contributed by atoms with E-state index in [4.69, 9.17) is 0 Å². The van der Waals surface area contributed by atoms with Crippen LogP contribution >= 0.6 is 11.3 Å². The molecule has 2 amide bonds. The summed E-state index contributed by atoms with van der Waals surface area (Å²) in [7, 11) is 0. The van der Waals surface area contributed by atoms with Crippen molar-refractivity contribution in [3.8, 4) is 0 Å². The van der Waals surface area contributed by atoms with E-state index < -0.39 is 0 Å². The Kier molecular flexibility index (Phi) is 3.45. The van der Waals surface area contributed by atoms with E-state index in [1.165, 1.54) is 18.3 Å². The SMILES string of the molecule is CC(=O)NCC(=O)Nc1ccsc1. The second-order valence-corrected chi connectivity index (χ2v) is 3.25. The summed E-state index contributed by atoms with van der Waals surface area (Å²) < 4.78 is 0. The van der Waals surface area contributed by atoms with Crippen LogP contribution in [0.3, 0.4) is 0 Å². The highest BCUT2D eigenvalue weighted by atomic mass is 32.1. The number of hydrogen-bond donors (Lipinski definition) is 2. The Hall–Kier alpha value is -1.36. The number of carbonyl (C=O) groups is 2. The lowest BCUT2D eigenvalue weighted by Gasteiger charge is -2.02. The van der Waals surface area contributed by atoms with E-state index in [1.54, 1.807) is 6.07 Å². The first kappa shape index (κ1) is 9.73. The quantitative estimate of drug-likeness (QED) is 0.755. The molecule has 5 heteroatoms. The Balaban J connectivity index is 2.30. The third-order valence-electron chi connectivity index (χ3n) is 1.30. The van der Waals surface area contributed by atoms with Gasteiger partial charge in [-0.3, -0.25) is 9.59 Å². The van der Waals surface area contributed by atoms with E-state index in [-0.39, 0.29) is 18.4 Å². The molecule has 0 fully saturated rings. The van der Waals surface area contributed by atoms with Crippen LogP contribution in [0.1, 0.15) is 6.92 Å². The van der Waals surface area contributed by atoms with Crippen LogP contribution in [0.4, 0.5) is 5.69 Å². The van der Waals surface area contributed by atoms with Crippen LogP contribution < -0.4 is 10.6 Å². The summed E-state index contributed by atoms with van der Waals surface area (Å²) in [5.41, 5.74) is 0.764. The van der Waals surface area contributed by atoms with Crippen molar-refractivity contribution in [1.82, 2.24) is 5.32 Å². The highest BCUT2D eigenvalue weighted by Crippen LogP contribution is 2.10. The fourth-order valence-corrected chi connectivity index (χ4v) is 1.33. The van der Waals surface area contributed by atoms with Crippen molar-refractivity contribution in [2.45, 2.75) is 6.92 Å². The van der Waals surface area contributed by atoms with Crippen LogP contribution in [0.25, 0.3) is 0 Å². The van der Waals surface area contributed by atoms with E-state index in [0.29, 0.717) is 0 Å². The minimum atomic E-state index is -0.214. The molecule has 1 heterocycles. The molecular formula is C8H10N2O2S. The van der Waals surface area contributed by atoms with Gasteiger partial charge >= 0.3 is 0 Å². The van der Waals surface area contributed by atoms with Crippen molar-refractivity contribution in [2.24, 2.45) is 0 Å². The molecule has 1 aromatic rings. The van der Waals surface area contributed by atoms with Gasteiger partial charge in [0.25, 0.3) is 0 Å². The lowest BCUT2D eigenvalue weighted by atomic mass is 10.5. The van der Waals surface area contributed by atoms with Crippen molar-refractivity contribution < 1.29 is 9.59 Å². The van der Waals surface area contributed by atoms with Crippen LogP contribution in [0.5, 0.6) is 0 Å². The van der Waals surface area contributed by atoms with Gasteiger partial charge in [0.15, 0.2) is 0 Å². The largest absolute Gasteiger partial charge is 0.347 e. The van der Waals surface area contributed by atoms with Gasteiger partial charge in [-0.05, 0) is 11.4 Å². The van der Waals surface area contributed by atoms with Gasteiger partial charge < -0.3 is 10.6 Å². The number of carbonyl (C=O) groups excluding carboxylic acids is 2. The zero-order valence-corrected chi connectivity index (χ0v) is 7.98. The van der Waals surface area contributed by atoms with Crippen molar-refractivity contribution in [2.75, 3.05) is 11.9 Å². The first-order chi connectivity index (χ1) is 6.18. The second-order valence-electron chi connectivity index (χ2n) is 2.47. The molecule has 1 aromatic heterocycles. The molecule has 2 N–H and O–H groups in total. The first-order valence-electron chi connectivity index (χ1n) is 3.75. The molecule has 0 aliphatic rings. The normalized spacial score (nSPS) is 9.31.